The van der Waals surface area contributed by atoms with E-state index >= 15 is 0 Å². The monoisotopic (exact) mass is 538 g/mol. The van der Waals surface area contributed by atoms with E-state index in [2.05, 4.69) is 30.8 Å². The number of hydrogen-bond acceptors (Lipinski definition) is 8. The van der Waals surface area contributed by atoms with E-state index in [1.807, 2.05) is 24.3 Å². The first-order chi connectivity index (χ1) is 14.8. The van der Waals surface area contributed by atoms with Crippen molar-refractivity contribution >= 4 is 71.7 Å². The Bertz CT molecular complexity index is 1210. The Morgan fingerprint density at radius 3 is 2.29 bits per heavy atom. The molecule has 0 unspecified atom stereocenters. The van der Waals surface area contributed by atoms with E-state index in [0.717, 1.165) is 26.3 Å². The molecule has 2 amide bonds. The van der Waals surface area contributed by atoms with Gasteiger partial charge in [-0.2, -0.15) is 0 Å². The predicted molar refractivity (Wildman–Crippen MR) is 123 cm³/mol. The molecule has 1 aliphatic rings. The van der Waals surface area contributed by atoms with Crippen molar-refractivity contribution in [1.82, 2.24) is 10.2 Å². The Kier molecular flexibility index (Phi) is 6.42. The second-order valence-corrected chi connectivity index (χ2v) is 11.3. The molecule has 1 aliphatic heterocycles. The molecule has 1 aromatic heterocycles. The summed E-state index contributed by atoms with van der Waals surface area (Å²) in [5.41, 5.74) is 1.47. The zero-order valence-electron chi connectivity index (χ0n) is 15.8. The first kappa shape index (κ1) is 21.9. The number of anilines is 2. The van der Waals surface area contributed by atoms with Gasteiger partial charge in [-0.25, -0.2) is 8.42 Å². The number of nitrogens with zero attached hydrogens (tertiary/aromatic N) is 3. The van der Waals surface area contributed by atoms with Crippen molar-refractivity contribution < 1.29 is 18.0 Å². The molecule has 0 aliphatic carbocycles. The first-order valence-corrected chi connectivity index (χ1v) is 13.1. The average Bonchev–Trinajstić information content (AvgIpc) is 3.33. The van der Waals surface area contributed by atoms with E-state index in [9.17, 15) is 18.0 Å². The molecule has 31 heavy (non-hydrogen) atoms. The van der Waals surface area contributed by atoms with Gasteiger partial charge in [0.15, 0.2) is 4.34 Å². The molecule has 0 saturated carbocycles. The lowest BCUT2D eigenvalue weighted by Gasteiger charge is -2.14. The molecule has 3 aromatic rings. The first-order valence-electron chi connectivity index (χ1n) is 9.01. The molecule has 0 atom stereocenters. The Morgan fingerprint density at radius 1 is 1.00 bits per heavy atom. The molecule has 1 saturated heterocycles. The molecule has 8 nitrogen and oxygen atoms in total. The van der Waals surface area contributed by atoms with Crippen LogP contribution in [-0.4, -0.2) is 30.4 Å². The van der Waals surface area contributed by atoms with Gasteiger partial charge in [0, 0.05) is 23.1 Å². The Morgan fingerprint density at radius 2 is 1.65 bits per heavy atom. The van der Waals surface area contributed by atoms with Crippen molar-refractivity contribution in [3.8, 4) is 0 Å². The van der Waals surface area contributed by atoms with Crippen LogP contribution in [0.4, 0.5) is 10.8 Å². The van der Waals surface area contributed by atoms with Gasteiger partial charge in [-0.05, 0) is 42.0 Å². The van der Waals surface area contributed by atoms with Gasteiger partial charge < -0.3 is 0 Å². The molecule has 4 rings (SSSR count). The highest BCUT2D eigenvalue weighted by Gasteiger charge is 2.30. The van der Waals surface area contributed by atoms with Gasteiger partial charge >= 0.3 is 0 Å². The van der Waals surface area contributed by atoms with Crippen LogP contribution in [0.2, 0.25) is 0 Å². The number of carbonyl (C=O) groups excluding carboxylic acids is 2. The van der Waals surface area contributed by atoms with Crippen LogP contribution in [0.15, 0.2) is 62.2 Å². The maximum absolute atomic E-state index is 12.7. The Hall–Kier alpha value is -2.28. The maximum atomic E-state index is 12.7. The number of nitrogens with one attached hydrogen (secondary N) is 1. The lowest BCUT2D eigenvalue weighted by atomic mass is 10.2. The second kappa shape index (κ2) is 9.07. The summed E-state index contributed by atoms with van der Waals surface area (Å²) < 4.78 is 29.4. The molecule has 0 bridgehead atoms. The number of carbonyl (C=O) groups is 2. The third-order valence-corrected chi connectivity index (χ3v) is 8.42. The van der Waals surface area contributed by atoms with E-state index < -0.39 is 10.0 Å². The Balaban J connectivity index is 1.41. The molecule has 2 heterocycles. The number of amides is 2. The fourth-order valence-corrected chi connectivity index (χ4v) is 6.05. The minimum Gasteiger partial charge on any atom is -0.274 e. The molecule has 1 N–H and O–H groups in total. The zero-order valence-corrected chi connectivity index (χ0v) is 19.9. The van der Waals surface area contributed by atoms with Crippen LogP contribution in [0.1, 0.15) is 18.4 Å². The molecule has 0 radical (unpaired) electrons. The zero-order chi connectivity index (χ0) is 22.0. The number of halogens is 1. The van der Waals surface area contributed by atoms with Crippen LogP contribution >= 0.6 is 39.0 Å². The lowest BCUT2D eigenvalue weighted by Crippen LogP contribution is -2.28. The van der Waals surface area contributed by atoms with Crippen LogP contribution in [0.3, 0.4) is 0 Å². The van der Waals surface area contributed by atoms with E-state index in [0.29, 0.717) is 15.8 Å². The maximum Gasteiger partial charge on any atom is 0.263 e. The van der Waals surface area contributed by atoms with Crippen molar-refractivity contribution in [2.45, 2.75) is 27.8 Å². The number of benzene rings is 2. The van der Waals surface area contributed by atoms with Crippen molar-refractivity contribution in [2.24, 2.45) is 0 Å². The minimum atomic E-state index is -3.88. The molecule has 160 valence electrons. The van der Waals surface area contributed by atoms with E-state index in [-0.39, 0.29) is 34.7 Å². The molecule has 0 spiro atoms. The second-order valence-electron chi connectivity index (χ2n) is 6.51. The van der Waals surface area contributed by atoms with E-state index in [4.69, 9.17) is 0 Å². The summed E-state index contributed by atoms with van der Waals surface area (Å²) in [7, 11) is -3.88. The van der Waals surface area contributed by atoms with Gasteiger partial charge in [-0.3, -0.25) is 19.2 Å². The van der Waals surface area contributed by atoms with Crippen LogP contribution in [0.5, 0.6) is 0 Å². The summed E-state index contributed by atoms with van der Waals surface area (Å²) in [4.78, 5) is 24.7. The average molecular weight is 539 g/mol. The molecule has 2 aromatic carbocycles. The largest absolute Gasteiger partial charge is 0.274 e. The molecule has 1 fully saturated rings. The molecular weight excluding hydrogens is 524 g/mol. The van der Waals surface area contributed by atoms with Gasteiger partial charge in [-0.15, -0.1) is 10.2 Å². The summed E-state index contributed by atoms with van der Waals surface area (Å²) >= 11 is 6.00. The van der Waals surface area contributed by atoms with Crippen molar-refractivity contribution in [2.75, 3.05) is 9.62 Å². The standard InChI is InChI=1S/C19H15BrN4O4S3/c20-13-3-1-12(2-4-13)11-29-19-22-21-18(30-19)23-31(27,28)15-7-5-14(6-8-15)24-16(25)9-10-17(24)26/h1-8H,9-11H2,(H,21,23). The SMILES string of the molecule is O=C1CCC(=O)N1c1ccc(S(=O)(=O)Nc2nnc(SCc3ccc(Br)cc3)s2)cc1. The smallest absolute Gasteiger partial charge is 0.263 e. The normalized spacial score (nSPS) is 14.3. The third kappa shape index (κ3) is 5.14. The predicted octanol–water partition coefficient (Wildman–Crippen LogP) is 4.05. The van der Waals surface area contributed by atoms with Gasteiger partial charge in [0.2, 0.25) is 16.9 Å². The lowest BCUT2D eigenvalue weighted by molar-refractivity contribution is -0.121. The van der Waals surface area contributed by atoms with E-state index in [1.165, 1.54) is 36.0 Å². The van der Waals surface area contributed by atoms with Crippen molar-refractivity contribution in [1.29, 1.82) is 0 Å². The van der Waals surface area contributed by atoms with Gasteiger partial charge in [0.05, 0.1) is 10.6 Å². The van der Waals surface area contributed by atoms with Gasteiger partial charge in [0.25, 0.3) is 10.0 Å². The minimum absolute atomic E-state index is 0.00499. The number of imide groups is 1. The number of aromatic nitrogens is 2. The summed E-state index contributed by atoms with van der Waals surface area (Å²) in [6, 6.07) is 13.5. The van der Waals surface area contributed by atoms with Gasteiger partial charge in [-0.1, -0.05) is 51.2 Å². The number of rotatable bonds is 7. The van der Waals surface area contributed by atoms with E-state index in [1.54, 1.807) is 0 Å². The summed E-state index contributed by atoms with van der Waals surface area (Å²) in [5, 5.41) is 8.09. The van der Waals surface area contributed by atoms with Crippen LogP contribution in [0.25, 0.3) is 0 Å². The fraction of sp³-hybridized carbons (Fsp3) is 0.158. The van der Waals surface area contributed by atoms with Crippen LogP contribution in [0, 0.1) is 0 Å². The van der Waals surface area contributed by atoms with Crippen LogP contribution in [-0.2, 0) is 25.4 Å². The van der Waals surface area contributed by atoms with Crippen molar-refractivity contribution in [3.05, 3.63) is 58.6 Å². The van der Waals surface area contributed by atoms with Gasteiger partial charge in [0.1, 0.15) is 0 Å². The summed E-state index contributed by atoms with van der Waals surface area (Å²) in [6.07, 6.45) is 0.333. The Labute approximate surface area is 195 Å². The highest BCUT2D eigenvalue weighted by molar-refractivity contribution is 9.10. The number of thioether (sulfide) groups is 1. The summed E-state index contributed by atoms with van der Waals surface area (Å²) in [6.45, 7) is 0. The molecular formula is C19H15BrN4O4S3. The quantitative estimate of drug-likeness (QED) is 0.357. The topological polar surface area (TPSA) is 109 Å². The highest BCUT2D eigenvalue weighted by Crippen LogP contribution is 2.30. The van der Waals surface area contributed by atoms with Crippen LogP contribution < -0.4 is 9.62 Å². The molecule has 12 heteroatoms. The fourth-order valence-electron chi connectivity index (χ4n) is 2.85. The third-order valence-electron chi connectivity index (χ3n) is 4.36. The highest BCUT2D eigenvalue weighted by atomic mass is 79.9. The number of sulfonamides is 1. The van der Waals surface area contributed by atoms with Crippen molar-refractivity contribution in [3.63, 3.8) is 0 Å². The summed E-state index contributed by atoms with van der Waals surface area (Å²) in [5.74, 6) is 0.103. The number of hydrogen-bond donors (Lipinski definition) is 1.